The van der Waals surface area contributed by atoms with Crippen molar-refractivity contribution >= 4 is 15.9 Å². The summed E-state index contributed by atoms with van der Waals surface area (Å²) in [5.74, 6) is -0.769. The Labute approximate surface area is 224 Å². The molecule has 1 aromatic carbocycles. The van der Waals surface area contributed by atoms with E-state index in [2.05, 4.69) is 14.6 Å². The highest BCUT2D eigenvalue weighted by atomic mass is 32.2. The molecule has 1 amide bonds. The number of hydrogen-bond acceptors (Lipinski definition) is 8. The number of carbonyl (C=O) groups is 1. The molecule has 0 atom stereocenters. The first-order chi connectivity index (χ1) is 18.5. The number of benzene rings is 1. The summed E-state index contributed by atoms with van der Waals surface area (Å²) in [6.07, 6.45) is -2.59. The minimum absolute atomic E-state index is 0.169. The Morgan fingerprint density at radius 3 is 2.26 bits per heavy atom. The van der Waals surface area contributed by atoms with E-state index in [4.69, 9.17) is 9.94 Å². The predicted octanol–water partition coefficient (Wildman–Crippen LogP) is 3.08. The Balaban J connectivity index is 1.37. The summed E-state index contributed by atoms with van der Waals surface area (Å²) in [5.41, 5.74) is 2.44. The summed E-state index contributed by atoms with van der Waals surface area (Å²) in [6, 6.07) is 10.6. The van der Waals surface area contributed by atoms with Crippen molar-refractivity contribution < 1.29 is 41.1 Å². The molecule has 0 aliphatic carbocycles. The monoisotopic (exact) mass is 572 g/mol. The number of amides is 1. The van der Waals surface area contributed by atoms with Crippen LogP contribution in [0.15, 0.2) is 48.7 Å². The molecule has 0 radical (unpaired) electrons. The maximum Gasteiger partial charge on any atom is 0.573 e. The molecular weight excluding hydrogens is 541 g/mol. The number of hydroxylamine groups is 1. The van der Waals surface area contributed by atoms with Gasteiger partial charge in [-0.15, -0.1) is 13.2 Å². The molecule has 0 spiro atoms. The topological polar surface area (TPSA) is 121 Å². The minimum atomic E-state index is -4.79. The van der Waals surface area contributed by atoms with Crippen molar-refractivity contribution in [2.24, 2.45) is 0 Å². The molecule has 0 unspecified atom stereocenters. The highest BCUT2D eigenvalue weighted by Crippen LogP contribution is 2.38. The van der Waals surface area contributed by atoms with Crippen LogP contribution in [0.3, 0.4) is 0 Å². The smallest absolute Gasteiger partial charge is 0.490 e. The van der Waals surface area contributed by atoms with Crippen LogP contribution in [0.4, 0.5) is 13.2 Å². The van der Waals surface area contributed by atoms with Crippen molar-refractivity contribution in [1.29, 1.82) is 0 Å². The Hall–Kier alpha value is -2.94. The molecule has 39 heavy (non-hydrogen) atoms. The Morgan fingerprint density at radius 1 is 1.05 bits per heavy atom. The lowest BCUT2D eigenvalue weighted by molar-refractivity contribution is -0.274. The molecule has 2 fully saturated rings. The zero-order chi connectivity index (χ0) is 28.1. The van der Waals surface area contributed by atoms with Crippen LogP contribution in [0, 0.1) is 0 Å². The zero-order valence-corrected chi connectivity index (χ0v) is 22.0. The maximum atomic E-state index is 13.9. The Kier molecular flexibility index (Phi) is 8.99. The van der Waals surface area contributed by atoms with Crippen molar-refractivity contribution in [3.8, 4) is 11.5 Å². The first kappa shape index (κ1) is 29.1. The van der Waals surface area contributed by atoms with Gasteiger partial charge in [0.1, 0.15) is 17.6 Å². The van der Waals surface area contributed by atoms with Gasteiger partial charge in [0.2, 0.25) is 15.9 Å². The van der Waals surface area contributed by atoms with E-state index in [-0.39, 0.29) is 44.2 Å². The van der Waals surface area contributed by atoms with Crippen LogP contribution in [0.25, 0.3) is 0 Å². The van der Waals surface area contributed by atoms with Gasteiger partial charge in [0, 0.05) is 45.3 Å². The summed E-state index contributed by atoms with van der Waals surface area (Å²) in [4.78, 5) is 18.6. The van der Waals surface area contributed by atoms with E-state index < -0.39 is 27.0 Å². The number of halogens is 3. The number of carbonyl (C=O) groups excluding carboxylic acids is 1. The van der Waals surface area contributed by atoms with Gasteiger partial charge in [-0.25, -0.2) is 18.2 Å². The van der Waals surface area contributed by atoms with E-state index in [1.54, 1.807) is 11.7 Å². The minimum Gasteiger partial charge on any atom is -0.490 e. The van der Waals surface area contributed by atoms with Crippen LogP contribution >= 0.6 is 0 Å². The number of nitrogens with one attached hydrogen (secondary N) is 1. The van der Waals surface area contributed by atoms with Gasteiger partial charge in [-0.1, -0.05) is 6.07 Å². The quantitative estimate of drug-likeness (QED) is 0.348. The van der Waals surface area contributed by atoms with Gasteiger partial charge >= 0.3 is 6.36 Å². The SMILES string of the molecule is O=C(CC1(S(=O)(=O)N2CCC(Oc3ccc(OC(F)(F)F)cc3)CC2)CCN(Cc2ccccn2)CC1)NO. The molecule has 0 saturated carbocycles. The van der Waals surface area contributed by atoms with Gasteiger partial charge in [0.15, 0.2) is 0 Å². The first-order valence-corrected chi connectivity index (χ1v) is 14.0. The van der Waals surface area contributed by atoms with Crippen LogP contribution in [0.1, 0.15) is 37.8 Å². The van der Waals surface area contributed by atoms with E-state index in [9.17, 15) is 26.4 Å². The molecule has 10 nitrogen and oxygen atoms in total. The number of rotatable bonds is 9. The Bertz CT molecular complexity index is 1200. The fourth-order valence-corrected chi connectivity index (χ4v) is 7.33. The van der Waals surface area contributed by atoms with Crippen molar-refractivity contribution in [3.05, 3.63) is 54.4 Å². The average molecular weight is 573 g/mol. The lowest BCUT2D eigenvalue weighted by Crippen LogP contribution is -2.57. The van der Waals surface area contributed by atoms with Crippen LogP contribution < -0.4 is 15.0 Å². The van der Waals surface area contributed by atoms with Crippen molar-refractivity contribution in [3.63, 3.8) is 0 Å². The molecule has 2 aromatic rings. The molecule has 2 aliphatic heterocycles. The number of nitrogens with zero attached hydrogens (tertiary/aromatic N) is 3. The first-order valence-electron chi connectivity index (χ1n) is 12.6. The van der Waals surface area contributed by atoms with Gasteiger partial charge in [0.05, 0.1) is 10.4 Å². The van der Waals surface area contributed by atoms with E-state index >= 15 is 0 Å². The standard InChI is InChI=1S/C25H31F3N4O6S/c26-25(27,28)38-22-6-4-20(5-7-22)37-21-8-13-32(14-9-21)39(35,36)24(17-23(33)30-34)10-15-31(16-11-24)18-19-3-1-2-12-29-19/h1-7,12,21,34H,8-11,13-18H2,(H,30,33). The van der Waals surface area contributed by atoms with Crippen LogP contribution in [0.2, 0.25) is 0 Å². The average Bonchev–Trinajstić information content (AvgIpc) is 2.91. The highest BCUT2D eigenvalue weighted by molar-refractivity contribution is 7.90. The molecule has 0 bridgehead atoms. The van der Waals surface area contributed by atoms with Gasteiger partial charge in [-0.2, -0.15) is 0 Å². The second-order valence-electron chi connectivity index (χ2n) is 9.73. The largest absolute Gasteiger partial charge is 0.573 e. The van der Waals surface area contributed by atoms with Gasteiger partial charge in [-0.05, 0) is 62.1 Å². The summed E-state index contributed by atoms with van der Waals surface area (Å²) in [6.45, 7) is 1.80. The second-order valence-corrected chi connectivity index (χ2v) is 12.1. The van der Waals surface area contributed by atoms with E-state index in [1.165, 1.54) is 16.4 Å². The highest BCUT2D eigenvalue weighted by Gasteiger charge is 2.50. The summed E-state index contributed by atoms with van der Waals surface area (Å²) >= 11 is 0. The number of piperidine rings is 2. The normalized spacial score (nSPS) is 19.4. The van der Waals surface area contributed by atoms with Crippen LogP contribution in [0.5, 0.6) is 11.5 Å². The van der Waals surface area contributed by atoms with Crippen molar-refractivity contribution in [1.82, 2.24) is 19.7 Å². The van der Waals surface area contributed by atoms with Gasteiger partial charge < -0.3 is 9.47 Å². The summed E-state index contributed by atoms with van der Waals surface area (Å²) in [5, 5.41) is 9.14. The number of pyridine rings is 1. The van der Waals surface area contributed by atoms with Gasteiger partial charge in [-0.3, -0.25) is 19.9 Å². The Morgan fingerprint density at radius 2 is 1.69 bits per heavy atom. The van der Waals surface area contributed by atoms with E-state index in [0.717, 1.165) is 17.8 Å². The lowest BCUT2D eigenvalue weighted by atomic mass is 9.92. The molecule has 1 aromatic heterocycles. The molecule has 2 saturated heterocycles. The molecular formula is C25H31F3N4O6S. The van der Waals surface area contributed by atoms with Crippen molar-refractivity contribution in [2.45, 2.75) is 55.9 Å². The molecule has 2 aliphatic rings. The summed E-state index contributed by atoms with van der Waals surface area (Å²) < 4.78 is 74.6. The zero-order valence-electron chi connectivity index (χ0n) is 21.1. The number of ether oxygens (including phenoxy) is 2. The second kappa shape index (κ2) is 12.1. The fraction of sp³-hybridized carbons (Fsp3) is 0.520. The third kappa shape index (κ3) is 7.38. The van der Waals surface area contributed by atoms with E-state index in [0.29, 0.717) is 38.2 Å². The fourth-order valence-electron chi connectivity index (χ4n) is 5.07. The van der Waals surface area contributed by atoms with E-state index in [1.807, 2.05) is 18.2 Å². The summed E-state index contributed by atoms with van der Waals surface area (Å²) in [7, 11) is -3.93. The molecule has 14 heteroatoms. The number of aromatic nitrogens is 1. The molecule has 2 N–H and O–H groups in total. The number of likely N-dealkylation sites (tertiary alicyclic amines) is 1. The number of hydrogen-bond donors (Lipinski definition) is 2. The maximum absolute atomic E-state index is 13.9. The van der Waals surface area contributed by atoms with Crippen LogP contribution in [-0.2, 0) is 21.4 Å². The molecule has 3 heterocycles. The number of alkyl halides is 3. The molecule has 4 rings (SSSR count). The van der Waals surface area contributed by atoms with Crippen molar-refractivity contribution in [2.75, 3.05) is 26.2 Å². The van der Waals surface area contributed by atoms with Gasteiger partial charge in [0.25, 0.3) is 0 Å². The third-order valence-electron chi connectivity index (χ3n) is 7.13. The lowest BCUT2D eigenvalue weighted by Gasteiger charge is -2.44. The van der Waals surface area contributed by atoms with Crippen LogP contribution in [-0.4, -0.2) is 77.1 Å². The molecule has 214 valence electrons. The third-order valence-corrected chi connectivity index (χ3v) is 9.83. The number of sulfonamides is 1. The predicted molar refractivity (Wildman–Crippen MR) is 133 cm³/mol.